The maximum Gasteiger partial charge on any atom is 0.404 e. The van der Waals surface area contributed by atoms with Crippen LogP contribution in [0, 0.1) is 5.82 Å². The molecule has 4 rings (SSSR count). The van der Waals surface area contributed by atoms with Gasteiger partial charge in [-0.2, -0.15) is 0 Å². The molecule has 0 aromatic carbocycles. The normalized spacial score (nSPS) is 25.2. The molecule has 0 radical (unpaired) electrons. The van der Waals surface area contributed by atoms with Crippen molar-refractivity contribution in [1.82, 2.24) is 19.8 Å². The van der Waals surface area contributed by atoms with Gasteiger partial charge in [-0.3, -0.25) is 19.2 Å². The Morgan fingerprint density at radius 2 is 2.26 bits per heavy atom. The van der Waals surface area contributed by atoms with Crippen molar-refractivity contribution in [3.8, 4) is 5.75 Å². The minimum Gasteiger partial charge on any atom is -0.486 e. The number of hydrogen-bond acceptors (Lipinski definition) is 6. The molecular formula is C17H19FN4O5. The average molecular weight is 378 g/mol. The van der Waals surface area contributed by atoms with Gasteiger partial charge in [-0.25, -0.2) is 9.18 Å². The number of carbonyl (C=O) groups is 1. The first kappa shape index (κ1) is 17.7. The van der Waals surface area contributed by atoms with Crippen LogP contribution in [0.1, 0.15) is 12.5 Å². The van der Waals surface area contributed by atoms with Gasteiger partial charge in [0.05, 0.1) is 29.9 Å². The van der Waals surface area contributed by atoms with Crippen LogP contribution >= 0.6 is 0 Å². The number of likely N-dealkylation sites (tertiary alicyclic amines) is 1. The predicted octanol–water partition coefficient (Wildman–Crippen LogP) is 0.172. The third-order valence-electron chi connectivity index (χ3n) is 5.08. The fraction of sp³-hybridized carbons (Fsp3) is 0.471. The van der Waals surface area contributed by atoms with E-state index in [1.165, 1.54) is 16.7 Å². The molecule has 0 aliphatic carbocycles. The van der Waals surface area contributed by atoms with Crippen LogP contribution in [0.5, 0.6) is 5.75 Å². The molecule has 0 spiro atoms. The molecular weight excluding hydrogens is 359 g/mol. The number of aliphatic hydroxyl groups is 1. The number of ether oxygens (including phenoxy) is 1. The highest BCUT2D eigenvalue weighted by Crippen LogP contribution is 2.32. The van der Waals surface area contributed by atoms with Gasteiger partial charge in [0.25, 0.3) is 5.56 Å². The number of nitrogens with zero attached hydrogens (tertiary/aromatic N) is 3. The number of carboxylic acid groups (broad SMARTS) is 1. The zero-order chi connectivity index (χ0) is 19.1. The molecule has 9 nitrogen and oxygen atoms in total. The second-order valence-corrected chi connectivity index (χ2v) is 6.85. The Morgan fingerprint density at radius 1 is 1.44 bits per heavy atom. The first-order valence-electron chi connectivity index (χ1n) is 8.66. The number of nitrogens with one attached hydrogen (secondary N) is 1. The lowest BCUT2D eigenvalue weighted by Crippen LogP contribution is -2.55. The van der Waals surface area contributed by atoms with Crippen LogP contribution in [0.4, 0.5) is 9.18 Å². The van der Waals surface area contributed by atoms with Crippen molar-refractivity contribution in [2.45, 2.75) is 24.6 Å². The largest absolute Gasteiger partial charge is 0.486 e. The third kappa shape index (κ3) is 3.21. The Labute approximate surface area is 153 Å². The van der Waals surface area contributed by atoms with Gasteiger partial charge in [-0.05, 0) is 12.5 Å². The molecule has 2 aliphatic rings. The van der Waals surface area contributed by atoms with Crippen molar-refractivity contribution in [3.05, 3.63) is 34.5 Å². The molecule has 1 amide bonds. The second-order valence-electron chi connectivity index (χ2n) is 6.85. The summed E-state index contributed by atoms with van der Waals surface area (Å²) in [6.07, 6.45) is -0.494. The fourth-order valence-electron chi connectivity index (χ4n) is 3.85. The van der Waals surface area contributed by atoms with Gasteiger partial charge >= 0.3 is 6.09 Å². The van der Waals surface area contributed by atoms with Crippen LogP contribution in [-0.4, -0.2) is 69.1 Å². The SMILES string of the molecule is O=C(O)N[C@H]1CCN(C[C@@H]2COc3c(F)cnc4ccc(=O)n2c34)C[C@H]1O. The van der Waals surface area contributed by atoms with E-state index >= 15 is 0 Å². The highest BCUT2D eigenvalue weighted by atomic mass is 19.1. The standard InChI is InChI=1S/C17H19FN4O5/c18-10-5-19-12-1-2-14(24)22-9(8-27-16(10)15(12)22)6-21-4-3-11(13(23)7-21)20-17(25)26/h1-2,5,9,11,13,20,23H,3-4,6-8H2,(H,25,26)/t9-,11+,13-/m1/s1. The number of pyridine rings is 2. The monoisotopic (exact) mass is 378 g/mol. The van der Waals surface area contributed by atoms with E-state index in [1.807, 2.05) is 4.90 Å². The summed E-state index contributed by atoms with van der Waals surface area (Å²) in [6, 6.07) is 2.04. The highest BCUT2D eigenvalue weighted by Gasteiger charge is 2.33. The molecule has 4 heterocycles. The lowest BCUT2D eigenvalue weighted by atomic mass is 10.0. The quantitative estimate of drug-likeness (QED) is 0.697. The summed E-state index contributed by atoms with van der Waals surface area (Å²) in [7, 11) is 0. The summed E-state index contributed by atoms with van der Waals surface area (Å²) in [5, 5.41) is 21.3. The van der Waals surface area contributed by atoms with Crippen LogP contribution < -0.4 is 15.6 Å². The van der Waals surface area contributed by atoms with Crippen LogP contribution in [0.3, 0.4) is 0 Å². The lowest BCUT2D eigenvalue weighted by Gasteiger charge is -2.38. The number of rotatable bonds is 3. The topological polar surface area (TPSA) is 117 Å². The maximum atomic E-state index is 14.0. The number of aromatic nitrogens is 2. The average Bonchev–Trinajstić information content (AvgIpc) is 2.62. The van der Waals surface area contributed by atoms with E-state index in [0.717, 1.165) is 6.20 Å². The van der Waals surface area contributed by atoms with Crippen LogP contribution in [0.25, 0.3) is 11.0 Å². The van der Waals surface area contributed by atoms with Crippen molar-refractivity contribution in [1.29, 1.82) is 0 Å². The Balaban J connectivity index is 1.58. The molecule has 2 aliphatic heterocycles. The van der Waals surface area contributed by atoms with Gasteiger partial charge in [-0.1, -0.05) is 0 Å². The summed E-state index contributed by atoms with van der Waals surface area (Å²) in [6.45, 7) is 1.35. The molecule has 0 bridgehead atoms. The van der Waals surface area contributed by atoms with E-state index in [0.29, 0.717) is 30.5 Å². The molecule has 2 aromatic heterocycles. The number of hydrogen-bond donors (Lipinski definition) is 3. The minimum absolute atomic E-state index is 0.0263. The number of halogens is 1. The van der Waals surface area contributed by atoms with E-state index in [9.17, 15) is 19.1 Å². The molecule has 1 saturated heterocycles. The summed E-state index contributed by atoms with van der Waals surface area (Å²) >= 11 is 0. The highest BCUT2D eigenvalue weighted by molar-refractivity contribution is 5.82. The molecule has 10 heteroatoms. The van der Waals surface area contributed by atoms with Crippen LogP contribution in [-0.2, 0) is 0 Å². The van der Waals surface area contributed by atoms with Crippen LogP contribution in [0.15, 0.2) is 23.1 Å². The van der Waals surface area contributed by atoms with Gasteiger partial charge in [-0.15, -0.1) is 0 Å². The van der Waals surface area contributed by atoms with E-state index < -0.39 is 24.1 Å². The van der Waals surface area contributed by atoms with Gasteiger partial charge in [0.2, 0.25) is 0 Å². The zero-order valence-electron chi connectivity index (χ0n) is 14.3. The predicted molar refractivity (Wildman–Crippen MR) is 92.5 cm³/mol. The Hall–Kier alpha value is -2.72. The number of β-amino-alcohol motifs (C(OH)–C–C–N with tert-alkyl or cyclic N) is 1. The fourth-order valence-corrected chi connectivity index (χ4v) is 3.85. The lowest BCUT2D eigenvalue weighted by molar-refractivity contribution is 0.0305. The summed E-state index contributed by atoms with van der Waals surface area (Å²) in [5.74, 6) is -0.588. The van der Waals surface area contributed by atoms with Gasteiger partial charge in [0, 0.05) is 25.7 Å². The van der Waals surface area contributed by atoms with Crippen molar-refractivity contribution < 1.29 is 24.1 Å². The van der Waals surface area contributed by atoms with Crippen molar-refractivity contribution in [3.63, 3.8) is 0 Å². The first-order chi connectivity index (χ1) is 12.9. The summed E-state index contributed by atoms with van der Waals surface area (Å²) < 4.78 is 21.1. The molecule has 144 valence electrons. The minimum atomic E-state index is -1.17. The molecule has 27 heavy (non-hydrogen) atoms. The van der Waals surface area contributed by atoms with E-state index in [-0.39, 0.29) is 30.5 Å². The molecule has 2 aromatic rings. The Morgan fingerprint density at radius 3 is 3.00 bits per heavy atom. The molecule has 3 atom stereocenters. The van der Waals surface area contributed by atoms with E-state index in [1.54, 1.807) is 0 Å². The smallest absolute Gasteiger partial charge is 0.404 e. The Kier molecular flexibility index (Phi) is 4.44. The number of piperidine rings is 1. The van der Waals surface area contributed by atoms with Crippen molar-refractivity contribution >= 4 is 17.1 Å². The van der Waals surface area contributed by atoms with Crippen LogP contribution in [0.2, 0.25) is 0 Å². The first-order valence-corrected chi connectivity index (χ1v) is 8.66. The second kappa shape index (κ2) is 6.78. The molecule has 1 fully saturated rings. The molecule has 3 N–H and O–H groups in total. The molecule has 0 unspecified atom stereocenters. The van der Waals surface area contributed by atoms with Gasteiger partial charge < -0.3 is 20.3 Å². The van der Waals surface area contributed by atoms with Crippen molar-refractivity contribution in [2.24, 2.45) is 0 Å². The zero-order valence-corrected chi connectivity index (χ0v) is 14.3. The maximum absolute atomic E-state index is 14.0. The third-order valence-corrected chi connectivity index (χ3v) is 5.08. The van der Waals surface area contributed by atoms with Gasteiger partial charge in [0.1, 0.15) is 12.1 Å². The van der Waals surface area contributed by atoms with Crippen molar-refractivity contribution in [2.75, 3.05) is 26.2 Å². The number of aliphatic hydroxyl groups excluding tert-OH is 1. The number of amides is 1. The van der Waals surface area contributed by atoms with Gasteiger partial charge in [0.15, 0.2) is 11.6 Å². The molecule has 0 saturated carbocycles. The summed E-state index contributed by atoms with van der Waals surface area (Å²) in [5.41, 5.74) is 0.536. The van der Waals surface area contributed by atoms with E-state index in [4.69, 9.17) is 9.84 Å². The Bertz CT molecular complexity index is 949. The summed E-state index contributed by atoms with van der Waals surface area (Å²) in [4.78, 5) is 29.2. The van der Waals surface area contributed by atoms with E-state index in [2.05, 4.69) is 10.3 Å².